The molecule has 1 saturated heterocycles. The van der Waals surface area contributed by atoms with Crippen LogP contribution in [0.4, 0.5) is 0 Å². The molecule has 3 heterocycles. The lowest BCUT2D eigenvalue weighted by atomic mass is 10.1. The minimum atomic E-state index is -1.28. The Hall–Kier alpha value is -3.99. The van der Waals surface area contributed by atoms with E-state index in [9.17, 15) is 14.7 Å². The highest BCUT2D eigenvalue weighted by molar-refractivity contribution is 6.35. The van der Waals surface area contributed by atoms with E-state index >= 15 is 0 Å². The molecule has 2 aromatic carbocycles. The van der Waals surface area contributed by atoms with Crippen LogP contribution in [0, 0.1) is 0 Å². The normalized spacial score (nSPS) is 21.0. The molecule has 37 heavy (non-hydrogen) atoms. The Morgan fingerprint density at radius 2 is 1.49 bits per heavy atom. The molecule has 12 heteroatoms. The number of aliphatic hydroxyl groups is 1. The summed E-state index contributed by atoms with van der Waals surface area (Å²) in [5.41, 5.74) is 0.894. The summed E-state index contributed by atoms with van der Waals surface area (Å²) in [4.78, 5) is 38.3. The number of carbonyl (C=O) groups is 2. The Kier molecular flexibility index (Phi) is 6.79. The number of ether oxygens (including phenoxy) is 3. The number of aromatic nitrogens is 4. The van der Waals surface area contributed by atoms with Crippen LogP contribution in [0.5, 0.6) is 0 Å². The summed E-state index contributed by atoms with van der Waals surface area (Å²) < 4.78 is 19.0. The molecule has 0 amide bonds. The Labute approximate surface area is 220 Å². The number of imidazole rings is 1. The summed E-state index contributed by atoms with van der Waals surface area (Å²) in [5.74, 6) is -1.87. The summed E-state index contributed by atoms with van der Waals surface area (Å²) in [6.45, 7) is 3.55. The Bertz CT molecular complexity index is 1480. The number of esters is 2. The third kappa shape index (κ3) is 4.86. The fourth-order valence-corrected chi connectivity index (χ4v) is 4.38. The SMILES string of the molecule is C=C(O)[C@H]1O[C@@H](n2cnc3c(Cl)nc(Cl)nc32)[C@H](OC(=O)c2ccccc2)[C@@H]1OC(=O)c1ccccc1. The maximum atomic E-state index is 13.1. The molecule has 5 rings (SSSR count). The van der Waals surface area contributed by atoms with Gasteiger partial charge in [-0.3, -0.25) is 4.57 Å². The molecule has 10 nitrogen and oxygen atoms in total. The Morgan fingerprint density at radius 1 is 0.919 bits per heavy atom. The van der Waals surface area contributed by atoms with Gasteiger partial charge >= 0.3 is 11.9 Å². The summed E-state index contributed by atoms with van der Waals surface area (Å²) >= 11 is 12.2. The van der Waals surface area contributed by atoms with Crippen molar-refractivity contribution in [1.29, 1.82) is 0 Å². The van der Waals surface area contributed by atoms with Crippen molar-refractivity contribution in [3.8, 4) is 0 Å². The number of nitrogens with zero attached hydrogens (tertiary/aromatic N) is 4. The number of hydrogen-bond donors (Lipinski definition) is 1. The van der Waals surface area contributed by atoms with Gasteiger partial charge in [0, 0.05) is 0 Å². The largest absolute Gasteiger partial charge is 0.510 e. The van der Waals surface area contributed by atoms with Crippen molar-refractivity contribution in [1.82, 2.24) is 19.5 Å². The van der Waals surface area contributed by atoms with E-state index in [2.05, 4.69) is 21.5 Å². The quantitative estimate of drug-likeness (QED) is 0.162. The van der Waals surface area contributed by atoms with E-state index in [0.29, 0.717) is 0 Å². The van der Waals surface area contributed by atoms with Gasteiger partial charge in [0.05, 0.1) is 17.5 Å². The lowest BCUT2D eigenvalue weighted by Crippen LogP contribution is -2.40. The van der Waals surface area contributed by atoms with Crippen LogP contribution in [0.1, 0.15) is 26.9 Å². The van der Waals surface area contributed by atoms with Gasteiger partial charge in [-0.1, -0.05) is 54.6 Å². The molecule has 1 aliphatic rings. The molecule has 0 unspecified atom stereocenters. The lowest BCUT2D eigenvalue weighted by Gasteiger charge is -2.24. The number of rotatable bonds is 6. The first-order valence-electron chi connectivity index (χ1n) is 10.9. The predicted molar refractivity (Wildman–Crippen MR) is 132 cm³/mol. The molecule has 0 spiro atoms. The first-order valence-corrected chi connectivity index (χ1v) is 11.7. The van der Waals surface area contributed by atoms with Crippen molar-refractivity contribution in [3.63, 3.8) is 0 Å². The average molecular weight is 541 g/mol. The maximum absolute atomic E-state index is 13.1. The van der Waals surface area contributed by atoms with Gasteiger partial charge in [-0.2, -0.15) is 4.98 Å². The molecule has 0 bridgehead atoms. The standard InChI is InChI=1S/C25H18Cl2N4O6/c1-13(32)17-18(36-23(33)14-8-4-2-5-9-14)19(37-24(34)15-10-6-3-7-11-15)22(35-17)31-12-28-16-20(26)29-25(27)30-21(16)31/h2-12,17-19,22,32H,1H2/t17-,18-,19-,22-/m1/s1. The monoisotopic (exact) mass is 540 g/mol. The van der Waals surface area contributed by atoms with Crippen LogP contribution in [0.15, 0.2) is 79.3 Å². The van der Waals surface area contributed by atoms with Crippen LogP contribution in [0.25, 0.3) is 11.2 Å². The average Bonchev–Trinajstić information content (AvgIpc) is 3.46. The van der Waals surface area contributed by atoms with E-state index in [4.69, 9.17) is 37.4 Å². The van der Waals surface area contributed by atoms with Crippen LogP contribution < -0.4 is 0 Å². The number of carbonyl (C=O) groups excluding carboxylic acids is 2. The zero-order chi connectivity index (χ0) is 26.1. The van der Waals surface area contributed by atoms with Gasteiger partial charge in [-0.15, -0.1) is 0 Å². The van der Waals surface area contributed by atoms with Crippen LogP contribution in [0.3, 0.4) is 0 Å². The molecule has 188 valence electrons. The third-order valence-corrected chi connectivity index (χ3v) is 6.08. The molecule has 2 aromatic heterocycles. The second-order valence-corrected chi connectivity index (χ2v) is 8.71. The van der Waals surface area contributed by atoms with E-state index in [0.717, 1.165) is 0 Å². The van der Waals surface area contributed by atoms with E-state index in [-0.39, 0.29) is 32.7 Å². The van der Waals surface area contributed by atoms with E-state index in [1.165, 1.54) is 10.9 Å². The van der Waals surface area contributed by atoms with Crippen molar-refractivity contribution in [3.05, 3.63) is 101 Å². The molecule has 4 atom stereocenters. The highest BCUT2D eigenvalue weighted by Crippen LogP contribution is 2.38. The van der Waals surface area contributed by atoms with Crippen LogP contribution >= 0.6 is 23.2 Å². The molecule has 0 aliphatic carbocycles. The molecule has 0 radical (unpaired) electrons. The topological polar surface area (TPSA) is 126 Å². The van der Waals surface area contributed by atoms with Crippen molar-refractivity contribution in [2.24, 2.45) is 0 Å². The number of halogens is 2. The van der Waals surface area contributed by atoms with Gasteiger partial charge in [0.2, 0.25) is 5.28 Å². The smallest absolute Gasteiger partial charge is 0.338 e. The van der Waals surface area contributed by atoms with Gasteiger partial charge in [-0.05, 0) is 35.9 Å². The fraction of sp³-hybridized carbons (Fsp3) is 0.160. The summed E-state index contributed by atoms with van der Waals surface area (Å²) in [6.07, 6.45) is -3.63. The second-order valence-electron chi connectivity index (χ2n) is 8.02. The van der Waals surface area contributed by atoms with Crippen molar-refractivity contribution in [2.75, 3.05) is 0 Å². The minimum absolute atomic E-state index is 0.000231. The molecule has 0 saturated carbocycles. The van der Waals surface area contributed by atoms with Gasteiger partial charge in [-0.25, -0.2) is 19.6 Å². The Balaban J connectivity index is 1.57. The zero-order valence-electron chi connectivity index (χ0n) is 18.9. The first kappa shape index (κ1) is 24.7. The molecular weight excluding hydrogens is 523 g/mol. The van der Waals surface area contributed by atoms with Crippen LogP contribution in [0.2, 0.25) is 10.4 Å². The van der Waals surface area contributed by atoms with Crippen molar-refractivity contribution in [2.45, 2.75) is 24.5 Å². The van der Waals surface area contributed by atoms with E-state index in [1.54, 1.807) is 60.7 Å². The van der Waals surface area contributed by atoms with E-state index < -0.39 is 42.2 Å². The predicted octanol–water partition coefficient (Wildman–Crippen LogP) is 4.55. The second kappa shape index (κ2) is 10.2. The highest BCUT2D eigenvalue weighted by Gasteiger charge is 2.52. The molecule has 4 aromatic rings. The number of hydrogen-bond acceptors (Lipinski definition) is 9. The zero-order valence-corrected chi connectivity index (χ0v) is 20.4. The first-order chi connectivity index (χ1) is 17.8. The maximum Gasteiger partial charge on any atom is 0.338 e. The third-order valence-electron chi connectivity index (χ3n) is 5.65. The molecule has 1 N–H and O–H groups in total. The fourth-order valence-electron chi connectivity index (χ4n) is 3.96. The van der Waals surface area contributed by atoms with Gasteiger partial charge in [0.15, 0.2) is 35.3 Å². The Morgan fingerprint density at radius 3 is 2.05 bits per heavy atom. The molecule has 1 fully saturated rings. The van der Waals surface area contributed by atoms with Gasteiger partial charge in [0.1, 0.15) is 11.3 Å². The molecule has 1 aliphatic heterocycles. The van der Waals surface area contributed by atoms with Crippen molar-refractivity contribution >= 4 is 46.3 Å². The van der Waals surface area contributed by atoms with E-state index in [1.807, 2.05) is 0 Å². The van der Waals surface area contributed by atoms with Crippen LogP contribution in [-0.4, -0.2) is 54.9 Å². The lowest BCUT2D eigenvalue weighted by molar-refractivity contribution is -0.0484. The van der Waals surface area contributed by atoms with Crippen LogP contribution in [-0.2, 0) is 14.2 Å². The van der Waals surface area contributed by atoms with Gasteiger partial charge < -0.3 is 19.3 Å². The highest BCUT2D eigenvalue weighted by atomic mass is 35.5. The summed E-state index contributed by atoms with van der Waals surface area (Å²) in [6, 6.07) is 16.5. The summed E-state index contributed by atoms with van der Waals surface area (Å²) in [7, 11) is 0. The number of benzene rings is 2. The summed E-state index contributed by atoms with van der Waals surface area (Å²) in [5, 5.41) is 10.2. The van der Waals surface area contributed by atoms with Crippen molar-refractivity contribution < 1.29 is 28.9 Å². The number of fused-ring (bicyclic) bond motifs is 1. The molecular formula is C25H18Cl2N4O6. The minimum Gasteiger partial charge on any atom is -0.510 e. The number of aliphatic hydroxyl groups excluding tert-OH is 1. The van der Waals surface area contributed by atoms with Gasteiger partial charge in [0.25, 0.3) is 0 Å².